The topological polar surface area (TPSA) is 179 Å². The van der Waals surface area contributed by atoms with E-state index in [0.29, 0.717) is 17.7 Å². The van der Waals surface area contributed by atoms with Crippen molar-refractivity contribution in [2.24, 2.45) is 23.1 Å². The van der Waals surface area contributed by atoms with Gasteiger partial charge in [-0.05, 0) is 36.6 Å². The van der Waals surface area contributed by atoms with Crippen molar-refractivity contribution in [3.63, 3.8) is 0 Å². The molecular weight excluding hydrogens is 362 g/mol. The average Bonchev–Trinajstić information content (AvgIpc) is 2.61. The fourth-order valence-electron chi connectivity index (χ4n) is 2.48. The number of nitrogens with two attached hydrogens (primary N) is 3. The number of carbonyl (C=O) groups excluding carboxylic acids is 3. The van der Waals surface area contributed by atoms with Crippen molar-refractivity contribution in [1.82, 2.24) is 9.97 Å². The van der Waals surface area contributed by atoms with Crippen LogP contribution in [-0.2, 0) is 4.79 Å². The van der Waals surface area contributed by atoms with Gasteiger partial charge in [-0.25, -0.2) is 9.97 Å². The van der Waals surface area contributed by atoms with E-state index in [-0.39, 0.29) is 23.2 Å². The molecule has 10 nitrogen and oxygen atoms in total. The molecule has 8 N–H and O–H groups in total. The van der Waals surface area contributed by atoms with Gasteiger partial charge in [0, 0.05) is 11.3 Å². The summed E-state index contributed by atoms with van der Waals surface area (Å²) in [4.78, 5) is 42.8. The molecule has 1 aromatic heterocycles. The second-order valence-electron chi connectivity index (χ2n) is 6.61. The van der Waals surface area contributed by atoms with Crippen LogP contribution >= 0.6 is 0 Å². The Bertz CT molecular complexity index is 881. The summed E-state index contributed by atoms with van der Waals surface area (Å²) in [6.45, 7) is 3.92. The van der Waals surface area contributed by atoms with Crippen molar-refractivity contribution < 1.29 is 14.4 Å². The third-order valence-electron chi connectivity index (χ3n) is 3.81. The Morgan fingerprint density at radius 2 is 1.68 bits per heavy atom. The first-order valence-electron chi connectivity index (χ1n) is 8.57. The summed E-state index contributed by atoms with van der Waals surface area (Å²) < 4.78 is 0. The summed E-state index contributed by atoms with van der Waals surface area (Å²) in [5.41, 5.74) is 16.8. The molecule has 2 aromatic rings. The fourth-order valence-corrected chi connectivity index (χ4v) is 2.48. The van der Waals surface area contributed by atoms with E-state index in [1.165, 1.54) is 18.3 Å². The van der Waals surface area contributed by atoms with Crippen molar-refractivity contribution in [3.05, 3.63) is 41.7 Å². The number of anilines is 3. The molecule has 1 unspecified atom stereocenters. The van der Waals surface area contributed by atoms with Gasteiger partial charge in [0.25, 0.3) is 5.91 Å². The smallest absolute Gasteiger partial charge is 0.271 e. The molecule has 10 heteroatoms. The highest BCUT2D eigenvalue weighted by Gasteiger charge is 2.19. The molecule has 1 atom stereocenters. The van der Waals surface area contributed by atoms with E-state index < -0.39 is 23.8 Å². The summed E-state index contributed by atoms with van der Waals surface area (Å²) in [5, 5.41) is 5.85. The molecule has 0 aliphatic rings. The first kappa shape index (κ1) is 20.6. The zero-order chi connectivity index (χ0) is 20.8. The highest BCUT2D eigenvalue weighted by atomic mass is 16.2. The van der Waals surface area contributed by atoms with Crippen molar-refractivity contribution >= 4 is 35.0 Å². The minimum atomic E-state index is -0.774. The van der Waals surface area contributed by atoms with Crippen LogP contribution in [0, 0.1) is 5.92 Å². The zero-order valence-electron chi connectivity index (χ0n) is 15.6. The molecule has 0 bridgehead atoms. The first-order valence-corrected chi connectivity index (χ1v) is 8.57. The van der Waals surface area contributed by atoms with E-state index in [2.05, 4.69) is 20.6 Å². The van der Waals surface area contributed by atoms with Gasteiger partial charge in [0.15, 0.2) is 11.5 Å². The van der Waals surface area contributed by atoms with Gasteiger partial charge in [0.05, 0.1) is 6.20 Å². The second-order valence-corrected chi connectivity index (χ2v) is 6.61. The molecule has 1 heterocycles. The summed E-state index contributed by atoms with van der Waals surface area (Å²) in [6, 6.07) is 5.59. The Balaban J connectivity index is 2.30. The lowest BCUT2D eigenvalue weighted by atomic mass is 10.0. The minimum absolute atomic E-state index is 0.0796. The molecule has 2 rings (SSSR count). The number of primary amides is 3. The van der Waals surface area contributed by atoms with E-state index in [0.717, 1.165) is 0 Å². The van der Waals surface area contributed by atoms with Crippen molar-refractivity contribution in [3.8, 4) is 0 Å². The van der Waals surface area contributed by atoms with E-state index in [4.69, 9.17) is 17.2 Å². The van der Waals surface area contributed by atoms with E-state index in [9.17, 15) is 14.4 Å². The molecule has 1 aromatic carbocycles. The van der Waals surface area contributed by atoms with Gasteiger partial charge in [-0.15, -0.1) is 0 Å². The maximum atomic E-state index is 11.7. The Kier molecular flexibility index (Phi) is 6.48. The summed E-state index contributed by atoms with van der Waals surface area (Å²) in [6.07, 6.45) is 1.81. The molecule has 0 saturated heterocycles. The molecule has 0 saturated carbocycles. The van der Waals surface area contributed by atoms with Crippen LogP contribution in [-0.4, -0.2) is 33.7 Å². The van der Waals surface area contributed by atoms with Crippen LogP contribution in [0.2, 0.25) is 0 Å². The monoisotopic (exact) mass is 385 g/mol. The highest BCUT2D eigenvalue weighted by Crippen LogP contribution is 2.20. The fraction of sp³-hybridized carbons (Fsp3) is 0.278. The summed E-state index contributed by atoms with van der Waals surface area (Å²) in [5.74, 6) is -1.28. The van der Waals surface area contributed by atoms with E-state index in [1.807, 2.05) is 13.8 Å². The molecule has 0 spiro atoms. The Morgan fingerprint density at radius 3 is 2.18 bits per heavy atom. The number of hydrogen-bond acceptors (Lipinski definition) is 7. The van der Waals surface area contributed by atoms with Crippen LogP contribution in [0.15, 0.2) is 30.5 Å². The third-order valence-corrected chi connectivity index (χ3v) is 3.81. The predicted molar refractivity (Wildman–Crippen MR) is 105 cm³/mol. The van der Waals surface area contributed by atoms with Gasteiger partial charge >= 0.3 is 0 Å². The number of amides is 3. The van der Waals surface area contributed by atoms with Crippen molar-refractivity contribution in [2.45, 2.75) is 26.3 Å². The number of aromatic nitrogens is 2. The number of benzene rings is 1. The quantitative estimate of drug-likeness (QED) is 0.422. The van der Waals surface area contributed by atoms with E-state index >= 15 is 0 Å². The van der Waals surface area contributed by atoms with Gasteiger partial charge in [-0.3, -0.25) is 14.4 Å². The van der Waals surface area contributed by atoms with Crippen molar-refractivity contribution in [1.29, 1.82) is 0 Å². The molecule has 0 aliphatic heterocycles. The second kappa shape index (κ2) is 8.80. The van der Waals surface area contributed by atoms with Gasteiger partial charge < -0.3 is 27.8 Å². The van der Waals surface area contributed by atoms with Crippen LogP contribution in [0.3, 0.4) is 0 Å². The van der Waals surface area contributed by atoms with Gasteiger partial charge in [-0.1, -0.05) is 13.8 Å². The summed E-state index contributed by atoms with van der Waals surface area (Å²) >= 11 is 0. The lowest BCUT2D eigenvalue weighted by molar-refractivity contribution is -0.119. The average molecular weight is 385 g/mol. The Labute approximate surface area is 161 Å². The molecular formula is C18H23N7O3. The third kappa shape index (κ3) is 5.40. The first-order chi connectivity index (χ1) is 13.2. The maximum absolute atomic E-state index is 11.7. The largest absolute Gasteiger partial charge is 0.368 e. The number of nitrogens with one attached hydrogen (secondary N) is 2. The van der Waals surface area contributed by atoms with Crippen molar-refractivity contribution in [2.75, 3.05) is 10.6 Å². The van der Waals surface area contributed by atoms with Crippen LogP contribution < -0.4 is 27.8 Å². The molecule has 28 heavy (non-hydrogen) atoms. The summed E-state index contributed by atoms with van der Waals surface area (Å²) in [7, 11) is 0. The van der Waals surface area contributed by atoms with Crippen LogP contribution in [0.1, 0.15) is 41.1 Å². The zero-order valence-corrected chi connectivity index (χ0v) is 15.6. The van der Waals surface area contributed by atoms with Gasteiger partial charge in [0.1, 0.15) is 11.9 Å². The Morgan fingerprint density at radius 1 is 1.04 bits per heavy atom. The molecule has 0 fully saturated rings. The van der Waals surface area contributed by atoms with Gasteiger partial charge in [-0.2, -0.15) is 0 Å². The normalized spacial score (nSPS) is 11.7. The number of carbonyl (C=O) groups is 3. The minimum Gasteiger partial charge on any atom is -0.368 e. The number of nitrogens with zero attached hydrogens (tertiary/aromatic N) is 2. The highest BCUT2D eigenvalue weighted by molar-refractivity contribution is 5.97. The number of rotatable bonds is 9. The molecule has 0 aliphatic carbocycles. The predicted octanol–water partition coefficient (Wildman–Crippen LogP) is 0.730. The SMILES string of the molecule is CC(C)CC(Nc1cnc(C(N)=O)c(Nc2ccc(C(N)=O)cc2)n1)C(N)=O. The molecule has 0 radical (unpaired) electrons. The van der Waals surface area contributed by atoms with E-state index in [1.54, 1.807) is 12.1 Å². The van der Waals surface area contributed by atoms with Crippen LogP contribution in [0.4, 0.5) is 17.3 Å². The standard InChI is InChI=1S/C18H23N7O3/c1-9(2)7-12(16(20)27)24-13-8-22-14(17(21)28)18(25-13)23-11-5-3-10(4-6-11)15(19)26/h3-6,8-9,12H,7H2,1-2H3,(H2,19,26)(H2,20,27)(H2,21,28)(H2,23,24,25). The van der Waals surface area contributed by atoms with Gasteiger partial charge in [0.2, 0.25) is 11.8 Å². The number of hydrogen-bond donors (Lipinski definition) is 5. The van der Waals surface area contributed by atoms with Crippen LogP contribution in [0.5, 0.6) is 0 Å². The lowest BCUT2D eigenvalue weighted by Crippen LogP contribution is -2.37. The molecule has 3 amide bonds. The lowest BCUT2D eigenvalue weighted by Gasteiger charge is -2.18. The maximum Gasteiger partial charge on any atom is 0.271 e. The Hall–Kier alpha value is -3.69. The van der Waals surface area contributed by atoms with Crippen LogP contribution in [0.25, 0.3) is 0 Å². The molecule has 148 valence electrons.